The van der Waals surface area contributed by atoms with Crippen molar-refractivity contribution in [2.24, 2.45) is 5.41 Å². The molecule has 0 aliphatic rings. The molecule has 0 aliphatic carbocycles. The first-order valence-corrected chi connectivity index (χ1v) is 5.85. The van der Waals surface area contributed by atoms with Gasteiger partial charge in [-0.2, -0.15) is 0 Å². The highest BCUT2D eigenvalue weighted by Crippen LogP contribution is 2.13. The zero-order chi connectivity index (χ0) is 12.8. The lowest BCUT2D eigenvalue weighted by Gasteiger charge is -2.23. The molecule has 2 amide bonds. The molecular formula is C12H24N2O2. The van der Waals surface area contributed by atoms with E-state index < -0.39 is 11.5 Å². The summed E-state index contributed by atoms with van der Waals surface area (Å²) in [5.41, 5.74) is -0.460. The lowest BCUT2D eigenvalue weighted by atomic mass is 9.94. The van der Waals surface area contributed by atoms with Gasteiger partial charge < -0.3 is 10.6 Å². The van der Waals surface area contributed by atoms with E-state index in [0.29, 0.717) is 6.42 Å². The van der Waals surface area contributed by atoms with E-state index in [0.717, 1.165) is 12.8 Å². The van der Waals surface area contributed by atoms with Crippen molar-refractivity contribution in [1.29, 1.82) is 0 Å². The van der Waals surface area contributed by atoms with E-state index in [2.05, 4.69) is 17.6 Å². The Hall–Kier alpha value is -1.06. The minimum atomic E-state index is -0.460. The predicted octanol–water partition coefficient (Wildman–Crippen LogP) is 1.45. The summed E-state index contributed by atoms with van der Waals surface area (Å²) in [4.78, 5) is 23.3. The second-order valence-corrected chi connectivity index (χ2v) is 5.03. The largest absolute Gasteiger partial charge is 0.357 e. The van der Waals surface area contributed by atoms with Gasteiger partial charge >= 0.3 is 0 Å². The Labute approximate surface area is 98.2 Å². The van der Waals surface area contributed by atoms with E-state index in [4.69, 9.17) is 0 Å². The number of nitrogens with one attached hydrogen (secondary N) is 2. The number of hydrogen-bond acceptors (Lipinski definition) is 2. The molecule has 16 heavy (non-hydrogen) atoms. The average molecular weight is 228 g/mol. The molecule has 0 aromatic heterocycles. The Balaban J connectivity index is 4.42. The van der Waals surface area contributed by atoms with Crippen molar-refractivity contribution in [3.8, 4) is 0 Å². The third-order valence-electron chi connectivity index (χ3n) is 2.40. The Morgan fingerprint density at radius 2 is 1.81 bits per heavy atom. The molecule has 0 fully saturated rings. The minimum Gasteiger partial charge on any atom is -0.357 e. The van der Waals surface area contributed by atoms with Crippen LogP contribution in [0, 0.1) is 5.41 Å². The van der Waals surface area contributed by atoms with Crippen molar-refractivity contribution in [2.75, 3.05) is 7.05 Å². The predicted molar refractivity (Wildman–Crippen MR) is 65.0 cm³/mol. The normalized spacial score (nSPS) is 13.1. The van der Waals surface area contributed by atoms with E-state index in [1.807, 2.05) is 20.8 Å². The summed E-state index contributed by atoms with van der Waals surface area (Å²) < 4.78 is 0. The Bertz CT molecular complexity index is 244. The lowest BCUT2D eigenvalue weighted by Crippen LogP contribution is -2.49. The zero-order valence-corrected chi connectivity index (χ0v) is 11.0. The molecule has 4 nitrogen and oxygen atoms in total. The molecule has 0 aromatic carbocycles. The van der Waals surface area contributed by atoms with Crippen molar-refractivity contribution < 1.29 is 9.59 Å². The van der Waals surface area contributed by atoms with Crippen molar-refractivity contribution in [1.82, 2.24) is 10.6 Å². The molecule has 0 radical (unpaired) electrons. The maximum Gasteiger partial charge on any atom is 0.242 e. The first-order chi connectivity index (χ1) is 7.32. The Morgan fingerprint density at radius 3 is 2.19 bits per heavy atom. The van der Waals surface area contributed by atoms with Crippen LogP contribution < -0.4 is 10.6 Å². The highest BCUT2D eigenvalue weighted by atomic mass is 16.2. The van der Waals surface area contributed by atoms with Gasteiger partial charge in [-0.1, -0.05) is 40.5 Å². The molecule has 0 rings (SSSR count). The van der Waals surface area contributed by atoms with Crippen LogP contribution in [0.3, 0.4) is 0 Å². The summed E-state index contributed by atoms with van der Waals surface area (Å²) in [5, 5.41) is 5.37. The van der Waals surface area contributed by atoms with Crippen LogP contribution in [0.2, 0.25) is 0 Å². The highest BCUT2D eigenvalue weighted by Gasteiger charge is 2.26. The first-order valence-electron chi connectivity index (χ1n) is 5.85. The number of rotatable bonds is 5. The fraction of sp³-hybridized carbons (Fsp3) is 0.833. The van der Waals surface area contributed by atoms with Crippen LogP contribution in [0.4, 0.5) is 0 Å². The van der Waals surface area contributed by atoms with Crippen molar-refractivity contribution in [3.63, 3.8) is 0 Å². The first kappa shape index (κ1) is 14.9. The molecule has 0 heterocycles. The summed E-state index contributed by atoms with van der Waals surface area (Å²) in [7, 11) is 1.59. The number of carbonyl (C=O) groups excluding carboxylic acids is 2. The maximum atomic E-state index is 11.8. The molecule has 0 saturated heterocycles. The zero-order valence-electron chi connectivity index (χ0n) is 11.0. The van der Waals surface area contributed by atoms with Gasteiger partial charge in [-0.15, -0.1) is 0 Å². The van der Waals surface area contributed by atoms with E-state index in [-0.39, 0.29) is 11.8 Å². The summed E-state index contributed by atoms with van der Waals surface area (Å²) in [5.74, 6) is -0.205. The van der Waals surface area contributed by atoms with E-state index in [1.54, 1.807) is 7.05 Å². The van der Waals surface area contributed by atoms with Crippen LogP contribution in [0.5, 0.6) is 0 Å². The number of unbranched alkanes of at least 4 members (excludes halogenated alkanes) is 1. The molecule has 0 spiro atoms. The highest BCUT2D eigenvalue weighted by molar-refractivity contribution is 5.89. The summed E-state index contributed by atoms with van der Waals surface area (Å²) in [6.07, 6.45) is 2.64. The van der Waals surface area contributed by atoms with Crippen molar-refractivity contribution in [3.05, 3.63) is 0 Å². The number of likely N-dealkylation sites (N-methyl/N-ethyl adjacent to an activating group) is 1. The number of carbonyl (C=O) groups is 2. The third-order valence-corrected chi connectivity index (χ3v) is 2.40. The van der Waals surface area contributed by atoms with Gasteiger partial charge in [0, 0.05) is 12.5 Å². The van der Waals surface area contributed by atoms with Gasteiger partial charge in [0.05, 0.1) is 0 Å². The maximum absolute atomic E-state index is 11.8. The van der Waals surface area contributed by atoms with Crippen LogP contribution in [0.1, 0.15) is 47.0 Å². The van der Waals surface area contributed by atoms with E-state index in [9.17, 15) is 9.59 Å². The Kier molecular flexibility index (Phi) is 6.08. The number of amides is 2. The molecule has 2 N–H and O–H groups in total. The SMILES string of the molecule is CCCC[C@H](NC(=O)C(C)(C)C)C(=O)NC. The molecule has 0 unspecified atom stereocenters. The molecule has 4 heteroatoms. The molecule has 1 atom stereocenters. The Morgan fingerprint density at radius 1 is 1.25 bits per heavy atom. The summed E-state index contributed by atoms with van der Waals surface area (Å²) >= 11 is 0. The molecule has 0 bridgehead atoms. The fourth-order valence-corrected chi connectivity index (χ4v) is 1.23. The molecule has 0 aliphatic heterocycles. The van der Waals surface area contributed by atoms with Crippen LogP contribution >= 0.6 is 0 Å². The van der Waals surface area contributed by atoms with Gasteiger partial charge in [0.15, 0.2) is 0 Å². The summed E-state index contributed by atoms with van der Waals surface area (Å²) in [6, 6.07) is -0.406. The second kappa shape index (κ2) is 6.51. The van der Waals surface area contributed by atoms with Gasteiger partial charge in [-0.3, -0.25) is 9.59 Å². The molecular weight excluding hydrogens is 204 g/mol. The van der Waals surface area contributed by atoms with Crippen molar-refractivity contribution in [2.45, 2.75) is 53.0 Å². The molecule has 0 saturated carbocycles. The van der Waals surface area contributed by atoms with Crippen molar-refractivity contribution >= 4 is 11.8 Å². The fourth-order valence-electron chi connectivity index (χ4n) is 1.23. The topological polar surface area (TPSA) is 58.2 Å². The average Bonchev–Trinajstić information content (AvgIpc) is 2.21. The van der Waals surface area contributed by atoms with Gasteiger partial charge in [-0.25, -0.2) is 0 Å². The van der Waals surface area contributed by atoms with Gasteiger partial charge in [-0.05, 0) is 6.42 Å². The van der Waals surface area contributed by atoms with Crippen LogP contribution in [-0.2, 0) is 9.59 Å². The quantitative estimate of drug-likeness (QED) is 0.748. The van der Waals surface area contributed by atoms with E-state index >= 15 is 0 Å². The van der Waals surface area contributed by atoms with Crippen LogP contribution in [-0.4, -0.2) is 24.9 Å². The smallest absolute Gasteiger partial charge is 0.242 e. The standard InChI is InChI=1S/C12H24N2O2/c1-6-7-8-9(10(15)13-5)14-11(16)12(2,3)4/h9H,6-8H2,1-5H3,(H,13,15)(H,14,16)/t9-/m0/s1. The third kappa shape index (κ3) is 5.14. The monoisotopic (exact) mass is 228 g/mol. The lowest BCUT2D eigenvalue weighted by molar-refractivity contribution is -0.133. The summed E-state index contributed by atoms with van der Waals surface area (Å²) in [6.45, 7) is 7.57. The van der Waals surface area contributed by atoms with Crippen LogP contribution in [0.15, 0.2) is 0 Å². The minimum absolute atomic E-state index is 0.0859. The number of hydrogen-bond donors (Lipinski definition) is 2. The van der Waals surface area contributed by atoms with Crippen LogP contribution in [0.25, 0.3) is 0 Å². The van der Waals surface area contributed by atoms with Gasteiger partial charge in [0.25, 0.3) is 0 Å². The molecule has 0 aromatic rings. The van der Waals surface area contributed by atoms with E-state index in [1.165, 1.54) is 0 Å². The van der Waals surface area contributed by atoms with Gasteiger partial charge in [0.1, 0.15) is 6.04 Å². The molecule has 94 valence electrons. The van der Waals surface area contributed by atoms with Gasteiger partial charge in [0.2, 0.25) is 11.8 Å². The second-order valence-electron chi connectivity index (χ2n) is 5.03.